The molecule has 7 nitrogen and oxygen atoms in total. The SMILES string of the molecule is O=C(NCCCCNc1c2c(nc3ccccc13)CCCC2)Oc1ccc(-c2cc3cccnc3[nH]2)cc1. The van der Waals surface area contributed by atoms with Gasteiger partial charge in [-0.05, 0) is 98.2 Å². The summed E-state index contributed by atoms with van der Waals surface area (Å²) in [6.45, 7) is 1.41. The van der Waals surface area contributed by atoms with Gasteiger partial charge in [-0.3, -0.25) is 4.98 Å². The lowest BCUT2D eigenvalue weighted by Gasteiger charge is -2.21. The Morgan fingerprint density at radius 1 is 0.947 bits per heavy atom. The number of hydrogen-bond acceptors (Lipinski definition) is 5. The second-order valence-electron chi connectivity index (χ2n) is 9.74. The van der Waals surface area contributed by atoms with Crippen molar-refractivity contribution in [1.29, 1.82) is 0 Å². The summed E-state index contributed by atoms with van der Waals surface area (Å²) in [6, 6.07) is 21.8. The van der Waals surface area contributed by atoms with E-state index in [0.29, 0.717) is 12.3 Å². The fraction of sp³-hybridized carbons (Fsp3) is 0.258. The van der Waals surface area contributed by atoms with E-state index in [1.165, 1.54) is 35.2 Å². The number of aryl methyl sites for hydroxylation is 1. The number of amides is 1. The monoisotopic (exact) mass is 505 g/mol. The summed E-state index contributed by atoms with van der Waals surface area (Å²) < 4.78 is 5.46. The fourth-order valence-electron chi connectivity index (χ4n) is 5.19. The average molecular weight is 506 g/mol. The Morgan fingerprint density at radius 2 is 1.79 bits per heavy atom. The van der Waals surface area contributed by atoms with E-state index in [0.717, 1.165) is 60.0 Å². The van der Waals surface area contributed by atoms with Crippen LogP contribution in [0.15, 0.2) is 72.9 Å². The highest BCUT2D eigenvalue weighted by molar-refractivity contribution is 5.93. The van der Waals surface area contributed by atoms with Crippen molar-refractivity contribution in [2.24, 2.45) is 0 Å². The molecule has 3 aromatic heterocycles. The van der Waals surface area contributed by atoms with E-state index < -0.39 is 6.09 Å². The molecule has 3 N–H and O–H groups in total. The Bertz CT molecular complexity index is 1540. The largest absolute Gasteiger partial charge is 0.412 e. The number of para-hydroxylation sites is 1. The van der Waals surface area contributed by atoms with Gasteiger partial charge in [0.05, 0.1) is 5.52 Å². The quantitative estimate of drug-likeness (QED) is 0.206. The number of nitrogens with zero attached hydrogens (tertiary/aromatic N) is 2. The van der Waals surface area contributed by atoms with Crippen LogP contribution >= 0.6 is 0 Å². The van der Waals surface area contributed by atoms with E-state index in [1.54, 1.807) is 18.3 Å². The number of aromatic nitrogens is 3. The van der Waals surface area contributed by atoms with Crippen molar-refractivity contribution in [1.82, 2.24) is 20.3 Å². The molecule has 1 aliphatic rings. The number of carbonyl (C=O) groups is 1. The third-order valence-electron chi connectivity index (χ3n) is 7.11. The number of H-pyrrole nitrogens is 1. The Balaban J connectivity index is 0.970. The van der Waals surface area contributed by atoms with E-state index in [2.05, 4.69) is 50.9 Å². The summed E-state index contributed by atoms with van der Waals surface area (Å²) in [5, 5.41) is 8.80. The summed E-state index contributed by atoms with van der Waals surface area (Å²) >= 11 is 0. The summed E-state index contributed by atoms with van der Waals surface area (Å²) in [7, 11) is 0. The predicted molar refractivity (Wildman–Crippen MR) is 152 cm³/mol. The van der Waals surface area contributed by atoms with Gasteiger partial charge in [0.2, 0.25) is 0 Å². The number of ether oxygens (including phenoxy) is 1. The summed E-state index contributed by atoms with van der Waals surface area (Å²) in [4.78, 5) is 24.8. The second-order valence-corrected chi connectivity index (χ2v) is 9.74. The van der Waals surface area contributed by atoms with Crippen LogP contribution in [-0.4, -0.2) is 34.1 Å². The predicted octanol–water partition coefficient (Wildman–Crippen LogP) is 6.64. The van der Waals surface area contributed by atoms with E-state index in [9.17, 15) is 4.79 Å². The Hall–Kier alpha value is -4.39. The summed E-state index contributed by atoms with van der Waals surface area (Å²) in [6.07, 6.45) is 7.72. The lowest BCUT2D eigenvalue weighted by atomic mass is 9.92. The maximum absolute atomic E-state index is 12.3. The van der Waals surface area contributed by atoms with Crippen LogP contribution in [0.3, 0.4) is 0 Å². The van der Waals surface area contributed by atoms with Gasteiger partial charge in [0.1, 0.15) is 11.4 Å². The third-order valence-corrected chi connectivity index (χ3v) is 7.11. The van der Waals surface area contributed by atoms with E-state index in [-0.39, 0.29) is 0 Å². The third kappa shape index (κ3) is 5.18. The number of nitrogens with one attached hydrogen (secondary N) is 3. The molecule has 0 spiro atoms. The van der Waals surface area contributed by atoms with Crippen molar-refractivity contribution >= 4 is 33.7 Å². The highest BCUT2D eigenvalue weighted by atomic mass is 16.6. The molecule has 0 saturated heterocycles. The minimum absolute atomic E-state index is 0.435. The van der Waals surface area contributed by atoms with Crippen molar-refractivity contribution in [2.75, 3.05) is 18.4 Å². The van der Waals surface area contributed by atoms with Gasteiger partial charge in [0.15, 0.2) is 0 Å². The minimum atomic E-state index is -0.435. The van der Waals surface area contributed by atoms with E-state index in [1.807, 2.05) is 24.3 Å². The first-order valence-corrected chi connectivity index (χ1v) is 13.4. The molecule has 0 bridgehead atoms. The first-order chi connectivity index (χ1) is 18.7. The molecule has 0 fully saturated rings. The van der Waals surface area contributed by atoms with Gasteiger partial charge in [-0.1, -0.05) is 18.2 Å². The normalized spacial score (nSPS) is 12.8. The lowest BCUT2D eigenvalue weighted by molar-refractivity contribution is 0.200. The number of carbonyl (C=O) groups excluding carboxylic acids is 1. The minimum Gasteiger partial charge on any atom is -0.410 e. The molecule has 0 unspecified atom stereocenters. The molecule has 3 heterocycles. The van der Waals surface area contributed by atoms with Crippen molar-refractivity contribution in [3.05, 3.63) is 84.2 Å². The molecule has 0 radical (unpaired) electrons. The molecule has 192 valence electrons. The van der Waals surface area contributed by atoms with Gasteiger partial charge in [-0.25, -0.2) is 9.78 Å². The molecule has 1 amide bonds. The number of benzene rings is 2. The van der Waals surface area contributed by atoms with Crippen LogP contribution in [-0.2, 0) is 12.8 Å². The lowest BCUT2D eigenvalue weighted by Crippen LogP contribution is -2.28. The Morgan fingerprint density at radius 3 is 2.68 bits per heavy atom. The standard InChI is InChI=1S/C31H31N5O2/c37-31(38-23-15-13-21(14-16-23)28-20-22-8-7-19-33-30(22)36-28)34-18-6-5-17-32-29-24-9-1-3-11-26(24)35-27-12-4-2-10-25(27)29/h1,3,7-9,11,13-16,19-20H,2,4-6,10,12,17-18H2,(H,32,35)(H,33,36)(H,34,37). The van der Waals surface area contributed by atoms with Crippen LogP contribution in [0.1, 0.15) is 36.9 Å². The molecular weight excluding hydrogens is 474 g/mol. The first-order valence-electron chi connectivity index (χ1n) is 13.4. The van der Waals surface area contributed by atoms with Crippen LogP contribution in [0.5, 0.6) is 5.75 Å². The molecule has 2 aromatic carbocycles. The molecule has 0 atom stereocenters. The summed E-state index contributed by atoms with van der Waals surface area (Å²) in [5.41, 5.74) is 7.76. The van der Waals surface area contributed by atoms with Gasteiger partial charge in [-0.2, -0.15) is 0 Å². The summed E-state index contributed by atoms with van der Waals surface area (Å²) in [5.74, 6) is 0.511. The van der Waals surface area contributed by atoms with Gasteiger partial charge >= 0.3 is 6.09 Å². The zero-order chi connectivity index (χ0) is 25.7. The second kappa shape index (κ2) is 10.9. The van der Waals surface area contributed by atoms with Crippen molar-refractivity contribution in [3.8, 4) is 17.0 Å². The topological polar surface area (TPSA) is 91.9 Å². The molecule has 1 aliphatic carbocycles. The first kappa shape index (κ1) is 24.0. The fourth-order valence-corrected chi connectivity index (χ4v) is 5.19. The van der Waals surface area contributed by atoms with Gasteiger partial charge < -0.3 is 20.4 Å². The Labute approximate surface area is 221 Å². The number of aromatic amines is 1. The van der Waals surface area contributed by atoms with E-state index in [4.69, 9.17) is 9.72 Å². The van der Waals surface area contributed by atoms with Gasteiger partial charge in [0, 0.05) is 47.1 Å². The zero-order valence-corrected chi connectivity index (χ0v) is 21.3. The number of rotatable bonds is 8. The number of pyridine rings is 2. The van der Waals surface area contributed by atoms with Gasteiger partial charge in [0.25, 0.3) is 0 Å². The molecule has 7 heteroatoms. The van der Waals surface area contributed by atoms with E-state index >= 15 is 0 Å². The van der Waals surface area contributed by atoms with Gasteiger partial charge in [-0.15, -0.1) is 0 Å². The van der Waals surface area contributed by atoms with Crippen molar-refractivity contribution in [3.63, 3.8) is 0 Å². The van der Waals surface area contributed by atoms with Crippen molar-refractivity contribution in [2.45, 2.75) is 38.5 Å². The molecule has 6 rings (SSSR count). The van der Waals surface area contributed by atoms with Crippen LogP contribution in [0.2, 0.25) is 0 Å². The van der Waals surface area contributed by atoms with Crippen LogP contribution in [0.4, 0.5) is 10.5 Å². The van der Waals surface area contributed by atoms with Crippen LogP contribution < -0.4 is 15.4 Å². The average Bonchev–Trinajstić information content (AvgIpc) is 3.39. The highest BCUT2D eigenvalue weighted by Gasteiger charge is 2.17. The zero-order valence-electron chi connectivity index (χ0n) is 21.3. The number of unbranched alkanes of at least 4 members (excludes halogenated alkanes) is 1. The number of anilines is 1. The number of hydrogen-bond donors (Lipinski definition) is 3. The molecule has 38 heavy (non-hydrogen) atoms. The maximum atomic E-state index is 12.3. The molecule has 5 aromatic rings. The maximum Gasteiger partial charge on any atom is 0.412 e. The van der Waals surface area contributed by atoms with Crippen LogP contribution in [0.25, 0.3) is 33.2 Å². The molecule has 0 aliphatic heterocycles. The smallest absolute Gasteiger partial charge is 0.410 e. The van der Waals surface area contributed by atoms with Crippen molar-refractivity contribution < 1.29 is 9.53 Å². The Kier molecular flexibility index (Phi) is 6.89. The number of fused-ring (bicyclic) bond motifs is 3. The molecule has 0 saturated carbocycles. The van der Waals surface area contributed by atoms with Crippen LogP contribution in [0, 0.1) is 0 Å². The highest BCUT2D eigenvalue weighted by Crippen LogP contribution is 2.33. The molecular formula is C31H31N5O2.